The molecule has 4 rings (SSSR count). The van der Waals surface area contributed by atoms with Crippen LogP contribution < -0.4 is 5.32 Å². The Morgan fingerprint density at radius 3 is 2.75 bits per heavy atom. The highest BCUT2D eigenvalue weighted by Gasteiger charge is 2.29. The molecule has 0 radical (unpaired) electrons. The van der Waals surface area contributed by atoms with Crippen LogP contribution in [0.3, 0.4) is 0 Å². The fourth-order valence-electron chi connectivity index (χ4n) is 3.41. The maximum absolute atomic E-state index is 13.3. The van der Waals surface area contributed by atoms with Crippen LogP contribution in [0, 0.1) is 12.7 Å². The van der Waals surface area contributed by atoms with Gasteiger partial charge in [0.25, 0.3) is 0 Å². The van der Waals surface area contributed by atoms with Crippen LogP contribution in [0.15, 0.2) is 67.0 Å². The molecule has 2 amide bonds. The molecule has 1 aliphatic rings. The molecule has 0 spiro atoms. The van der Waals surface area contributed by atoms with Gasteiger partial charge in [0.1, 0.15) is 5.82 Å². The second kappa shape index (κ2) is 7.23. The number of rotatable bonds is 2. The molecule has 28 heavy (non-hydrogen) atoms. The van der Waals surface area contributed by atoms with Gasteiger partial charge in [-0.2, -0.15) is 0 Å². The van der Waals surface area contributed by atoms with Crippen LogP contribution in [0.2, 0.25) is 0 Å². The average Bonchev–Trinajstić information content (AvgIpc) is 2.71. The van der Waals surface area contributed by atoms with Crippen LogP contribution in [0.25, 0.3) is 10.9 Å². The number of halogens is 1. The number of carbonyl (C=O) groups is 2. The number of pyridine rings is 1. The predicted octanol–water partition coefficient (Wildman–Crippen LogP) is 4.74. The van der Waals surface area contributed by atoms with Crippen molar-refractivity contribution in [3.05, 3.63) is 83.9 Å². The van der Waals surface area contributed by atoms with Crippen molar-refractivity contribution in [3.8, 4) is 0 Å². The van der Waals surface area contributed by atoms with Gasteiger partial charge in [0.15, 0.2) is 5.78 Å². The van der Waals surface area contributed by atoms with Gasteiger partial charge in [-0.25, -0.2) is 9.18 Å². The second-order valence-electron chi connectivity index (χ2n) is 6.70. The second-order valence-corrected chi connectivity index (χ2v) is 6.70. The zero-order chi connectivity index (χ0) is 19.7. The fourth-order valence-corrected chi connectivity index (χ4v) is 3.41. The SMILES string of the molecule is Cc1c(NC(=O)N2C=CC(=O)CC2c2ccc(F)cc2)ccc2ncccc12. The van der Waals surface area contributed by atoms with E-state index in [-0.39, 0.29) is 24.1 Å². The van der Waals surface area contributed by atoms with Crippen molar-refractivity contribution < 1.29 is 14.0 Å². The van der Waals surface area contributed by atoms with Gasteiger partial charge in [0, 0.05) is 29.9 Å². The van der Waals surface area contributed by atoms with Gasteiger partial charge >= 0.3 is 6.03 Å². The minimum atomic E-state index is -0.486. The Morgan fingerprint density at radius 2 is 1.96 bits per heavy atom. The largest absolute Gasteiger partial charge is 0.326 e. The summed E-state index contributed by atoms with van der Waals surface area (Å²) in [6.07, 6.45) is 4.74. The number of aryl methyl sites for hydroxylation is 1. The van der Waals surface area contributed by atoms with Crippen molar-refractivity contribution in [3.63, 3.8) is 0 Å². The number of nitrogens with zero attached hydrogens (tertiary/aromatic N) is 2. The van der Waals surface area contributed by atoms with E-state index in [0.717, 1.165) is 16.5 Å². The molecule has 5 nitrogen and oxygen atoms in total. The minimum Gasteiger partial charge on any atom is -0.307 e. The summed E-state index contributed by atoms with van der Waals surface area (Å²) in [5, 5.41) is 3.88. The maximum Gasteiger partial charge on any atom is 0.326 e. The molecule has 140 valence electrons. The number of ketones is 1. The van der Waals surface area contributed by atoms with E-state index >= 15 is 0 Å². The highest BCUT2D eigenvalue weighted by molar-refractivity contribution is 5.98. The van der Waals surface area contributed by atoms with Crippen LogP contribution in [-0.2, 0) is 4.79 Å². The molecule has 0 bridgehead atoms. The highest BCUT2D eigenvalue weighted by atomic mass is 19.1. The van der Waals surface area contributed by atoms with Crippen molar-refractivity contribution >= 4 is 28.4 Å². The molecule has 0 saturated heterocycles. The van der Waals surface area contributed by atoms with Crippen molar-refractivity contribution in [1.82, 2.24) is 9.88 Å². The topological polar surface area (TPSA) is 62.3 Å². The Bertz CT molecular complexity index is 1090. The molecule has 1 aliphatic heterocycles. The Morgan fingerprint density at radius 1 is 1.18 bits per heavy atom. The molecule has 0 aliphatic carbocycles. The number of hydrogen-bond acceptors (Lipinski definition) is 3. The first-order valence-corrected chi connectivity index (χ1v) is 8.93. The van der Waals surface area contributed by atoms with E-state index in [1.54, 1.807) is 18.3 Å². The lowest BCUT2D eigenvalue weighted by Gasteiger charge is -2.31. The Balaban J connectivity index is 1.64. The van der Waals surface area contributed by atoms with E-state index in [9.17, 15) is 14.0 Å². The van der Waals surface area contributed by atoms with Gasteiger partial charge < -0.3 is 5.32 Å². The zero-order valence-corrected chi connectivity index (χ0v) is 15.2. The lowest BCUT2D eigenvalue weighted by atomic mass is 9.97. The summed E-state index contributed by atoms with van der Waals surface area (Å²) in [6, 6.07) is 12.5. The first kappa shape index (κ1) is 17.9. The van der Waals surface area contributed by atoms with E-state index in [1.165, 1.54) is 29.3 Å². The molecule has 1 unspecified atom stereocenters. The summed E-state index contributed by atoms with van der Waals surface area (Å²) in [7, 11) is 0. The quantitative estimate of drug-likeness (QED) is 0.703. The summed E-state index contributed by atoms with van der Waals surface area (Å²) in [5.41, 5.74) is 3.14. The van der Waals surface area contributed by atoms with Gasteiger partial charge in [-0.05, 0) is 54.5 Å². The number of anilines is 1. The fraction of sp³-hybridized carbons (Fsp3) is 0.136. The van der Waals surface area contributed by atoms with Crippen molar-refractivity contribution in [2.24, 2.45) is 0 Å². The number of nitrogens with one attached hydrogen (secondary N) is 1. The molecular weight excluding hydrogens is 357 g/mol. The van der Waals surface area contributed by atoms with E-state index in [1.807, 2.05) is 31.2 Å². The Kier molecular flexibility index (Phi) is 4.61. The number of benzene rings is 2. The maximum atomic E-state index is 13.3. The molecule has 1 aromatic heterocycles. The minimum absolute atomic E-state index is 0.0775. The monoisotopic (exact) mass is 375 g/mol. The van der Waals surface area contributed by atoms with Crippen molar-refractivity contribution in [2.45, 2.75) is 19.4 Å². The molecule has 2 aromatic carbocycles. The standard InChI is InChI=1S/C22H18FN3O2/c1-14-18-3-2-11-24-20(18)9-8-19(14)25-22(28)26-12-10-17(27)13-21(26)15-4-6-16(23)7-5-15/h2-12,21H,13H2,1H3,(H,25,28). The smallest absolute Gasteiger partial charge is 0.307 e. The molecule has 0 fully saturated rings. The molecule has 2 heterocycles. The Labute approximate surface area is 161 Å². The summed E-state index contributed by atoms with van der Waals surface area (Å²) < 4.78 is 13.3. The number of allylic oxidation sites excluding steroid dienone is 1. The summed E-state index contributed by atoms with van der Waals surface area (Å²) in [4.78, 5) is 30.7. The van der Waals surface area contributed by atoms with Gasteiger partial charge in [-0.3, -0.25) is 14.7 Å². The van der Waals surface area contributed by atoms with E-state index in [4.69, 9.17) is 0 Å². The summed E-state index contributed by atoms with van der Waals surface area (Å²) in [6.45, 7) is 1.92. The third-order valence-electron chi connectivity index (χ3n) is 4.94. The van der Waals surface area contributed by atoms with Crippen LogP contribution in [0.4, 0.5) is 14.9 Å². The van der Waals surface area contributed by atoms with Gasteiger partial charge in [-0.1, -0.05) is 18.2 Å². The normalized spacial score (nSPS) is 16.4. The zero-order valence-electron chi connectivity index (χ0n) is 15.2. The van der Waals surface area contributed by atoms with Crippen molar-refractivity contribution in [1.29, 1.82) is 0 Å². The number of aromatic nitrogens is 1. The number of urea groups is 1. The van der Waals surface area contributed by atoms with Crippen molar-refractivity contribution in [2.75, 3.05) is 5.32 Å². The van der Waals surface area contributed by atoms with E-state index < -0.39 is 6.04 Å². The summed E-state index contributed by atoms with van der Waals surface area (Å²) in [5.74, 6) is -0.441. The number of fused-ring (bicyclic) bond motifs is 1. The van der Waals surface area contributed by atoms with Crippen LogP contribution in [0.5, 0.6) is 0 Å². The lowest BCUT2D eigenvalue weighted by molar-refractivity contribution is -0.116. The number of carbonyl (C=O) groups excluding carboxylic acids is 2. The number of hydrogen-bond donors (Lipinski definition) is 1. The van der Waals surface area contributed by atoms with E-state index in [2.05, 4.69) is 10.3 Å². The third-order valence-corrected chi connectivity index (χ3v) is 4.94. The van der Waals surface area contributed by atoms with Crippen LogP contribution in [-0.4, -0.2) is 21.7 Å². The van der Waals surface area contributed by atoms with E-state index in [0.29, 0.717) is 11.3 Å². The van der Waals surface area contributed by atoms with Crippen LogP contribution >= 0.6 is 0 Å². The lowest BCUT2D eigenvalue weighted by Crippen LogP contribution is -2.37. The summed E-state index contributed by atoms with van der Waals surface area (Å²) >= 11 is 0. The highest BCUT2D eigenvalue weighted by Crippen LogP contribution is 2.30. The molecular formula is C22H18FN3O2. The molecule has 1 N–H and O–H groups in total. The molecule has 3 aromatic rings. The van der Waals surface area contributed by atoms with Gasteiger partial charge in [-0.15, -0.1) is 0 Å². The Hall–Kier alpha value is -3.54. The number of amides is 2. The van der Waals surface area contributed by atoms with Gasteiger partial charge in [0.2, 0.25) is 0 Å². The molecule has 6 heteroatoms. The first-order chi connectivity index (χ1) is 13.5. The van der Waals surface area contributed by atoms with Crippen LogP contribution in [0.1, 0.15) is 23.6 Å². The molecule has 1 atom stereocenters. The van der Waals surface area contributed by atoms with Gasteiger partial charge in [0.05, 0.1) is 11.6 Å². The predicted molar refractivity (Wildman–Crippen MR) is 105 cm³/mol. The first-order valence-electron chi connectivity index (χ1n) is 8.93. The third kappa shape index (κ3) is 3.36. The average molecular weight is 375 g/mol. The molecule has 0 saturated carbocycles.